The first kappa shape index (κ1) is 31.1. The Labute approximate surface area is 264 Å². The second kappa shape index (κ2) is 10.3. The molecule has 1 aromatic rings. The summed E-state index contributed by atoms with van der Waals surface area (Å²) in [4.78, 5) is 13.1. The zero-order valence-corrected chi connectivity index (χ0v) is 28.0. The minimum absolute atomic E-state index is 0.0149. The highest BCUT2D eigenvalue weighted by atomic mass is 16.4. The molecule has 1 aromatic carbocycles. The number of guanidine groups is 1. The van der Waals surface area contributed by atoms with E-state index in [4.69, 9.17) is 16.6 Å². The molecule has 6 heteroatoms. The summed E-state index contributed by atoms with van der Waals surface area (Å²) in [5, 5.41) is 19.7. The molecule has 6 nitrogen and oxygen atoms in total. The number of carbonyl (C=O) groups is 1. The molecule has 0 radical (unpaired) electrons. The number of aliphatic carboxylic acids is 1. The van der Waals surface area contributed by atoms with Gasteiger partial charge in [0.1, 0.15) is 0 Å². The molecule has 0 unspecified atom stereocenters. The normalized spacial score (nSPS) is 44.4. The van der Waals surface area contributed by atoms with E-state index in [-0.39, 0.29) is 33.5 Å². The smallest absolute Gasteiger partial charge is 0.310 e. The van der Waals surface area contributed by atoms with Crippen molar-refractivity contribution in [2.75, 3.05) is 0 Å². The first-order valence-corrected chi connectivity index (χ1v) is 17.0. The maximum Gasteiger partial charge on any atom is 0.310 e. The molecule has 0 amide bonds. The molecule has 5 N–H and O–H groups in total. The molecule has 0 aliphatic heterocycles. The van der Waals surface area contributed by atoms with Gasteiger partial charge in [0.15, 0.2) is 0 Å². The topological polar surface area (TPSA) is 114 Å². The number of carboxylic acid groups (broad SMARTS) is 1. The van der Waals surface area contributed by atoms with Crippen LogP contribution in [0.3, 0.4) is 0 Å². The summed E-state index contributed by atoms with van der Waals surface area (Å²) in [6, 6.07) is 10.5. The Morgan fingerprint density at radius 1 is 0.955 bits per heavy atom. The fourth-order valence-electron chi connectivity index (χ4n) is 11.9. The molecular formula is C38H54N4O2. The fourth-order valence-corrected chi connectivity index (χ4v) is 11.9. The highest BCUT2D eigenvalue weighted by Gasteiger charge is 2.69. The Morgan fingerprint density at radius 2 is 1.66 bits per heavy atom. The fraction of sp³-hybridized carbons (Fsp3) is 0.658. The van der Waals surface area contributed by atoms with E-state index in [2.05, 4.69) is 96.1 Å². The van der Waals surface area contributed by atoms with Crippen molar-refractivity contribution in [3.05, 3.63) is 53.1 Å². The van der Waals surface area contributed by atoms with Crippen molar-refractivity contribution in [1.29, 1.82) is 0 Å². The molecule has 5 aliphatic carbocycles. The van der Waals surface area contributed by atoms with Crippen LogP contribution in [0, 0.1) is 56.7 Å². The van der Waals surface area contributed by atoms with Crippen LogP contribution < -0.4 is 11.5 Å². The van der Waals surface area contributed by atoms with Crippen LogP contribution in [0.15, 0.2) is 57.8 Å². The second-order valence-electron chi connectivity index (χ2n) is 16.6. The van der Waals surface area contributed by atoms with Crippen LogP contribution in [-0.4, -0.2) is 22.7 Å². The molecule has 0 spiro atoms. The number of nitrogens with two attached hydrogens (primary N) is 2. The summed E-state index contributed by atoms with van der Waals surface area (Å²) in [5.41, 5.74) is 15.7. The summed E-state index contributed by atoms with van der Waals surface area (Å²) in [6.45, 7) is 17.0. The van der Waals surface area contributed by atoms with Crippen LogP contribution >= 0.6 is 0 Å². The van der Waals surface area contributed by atoms with Gasteiger partial charge in [0.05, 0.1) is 11.1 Å². The van der Waals surface area contributed by atoms with E-state index in [9.17, 15) is 9.90 Å². The molecule has 0 saturated heterocycles. The van der Waals surface area contributed by atoms with Gasteiger partial charge in [-0.05, 0) is 114 Å². The third kappa shape index (κ3) is 4.21. The number of rotatable bonds is 3. The zero-order chi connectivity index (χ0) is 31.9. The molecule has 4 saturated carbocycles. The average Bonchev–Trinajstić information content (AvgIpc) is 2.95. The lowest BCUT2D eigenvalue weighted by Crippen LogP contribution is -2.65. The molecule has 0 aromatic heterocycles. The zero-order valence-electron chi connectivity index (χ0n) is 28.0. The third-order valence-corrected chi connectivity index (χ3v) is 14.4. The van der Waals surface area contributed by atoms with E-state index < -0.39 is 11.4 Å². The highest BCUT2D eigenvalue weighted by Crippen LogP contribution is 2.76. The van der Waals surface area contributed by atoms with E-state index in [1.54, 1.807) is 0 Å². The monoisotopic (exact) mass is 598 g/mol. The summed E-state index contributed by atoms with van der Waals surface area (Å²) < 4.78 is 0. The SMILES string of the molecule is C[C@H]1[C@H](C)CC[C@]2(C(=O)O)CC[C@]3(C)C(=CC[C@@H]4[C@@]5(C)CC(=C\c6ccccc6)/C(=N\N=C(N)N)C(C)(C)[C@@H]5CC[C@]43C)[C@H]12. The van der Waals surface area contributed by atoms with Gasteiger partial charge < -0.3 is 16.6 Å². The number of fused-ring (bicyclic) bond motifs is 7. The molecule has 4 fully saturated rings. The molecule has 6 rings (SSSR count). The van der Waals surface area contributed by atoms with E-state index >= 15 is 0 Å². The minimum Gasteiger partial charge on any atom is -0.481 e. The number of allylic oxidation sites excluding steroid dienone is 3. The molecular weight excluding hydrogens is 544 g/mol. The highest BCUT2D eigenvalue weighted by molar-refractivity contribution is 6.08. The van der Waals surface area contributed by atoms with Gasteiger partial charge >= 0.3 is 5.97 Å². The first-order chi connectivity index (χ1) is 20.6. The quantitative estimate of drug-likeness (QED) is 0.141. The summed E-state index contributed by atoms with van der Waals surface area (Å²) >= 11 is 0. The number of nitrogens with zero attached hydrogens (tertiary/aromatic N) is 2. The Hall–Kier alpha value is -2.89. The molecule has 238 valence electrons. The second-order valence-corrected chi connectivity index (χ2v) is 16.6. The number of carboxylic acids is 1. The van der Waals surface area contributed by atoms with Gasteiger partial charge in [-0.2, -0.15) is 5.10 Å². The molecule has 0 bridgehead atoms. The van der Waals surface area contributed by atoms with Gasteiger partial charge in [0.2, 0.25) is 5.96 Å². The van der Waals surface area contributed by atoms with Crippen molar-refractivity contribution in [3.8, 4) is 0 Å². The van der Waals surface area contributed by atoms with Crippen LogP contribution in [0.5, 0.6) is 0 Å². The maximum atomic E-state index is 13.1. The predicted octanol–water partition coefficient (Wildman–Crippen LogP) is 8.05. The van der Waals surface area contributed by atoms with Crippen molar-refractivity contribution in [2.45, 2.75) is 99.8 Å². The lowest BCUT2D eigenvalue weighted by atomic mass is 9.33. The molecule has 0 heterocycles. The van der Waals surface area contributed by atoms with Gasteiger partial charge in [-0.1, -0.05) is 90.4 Å². The number of hydrogen-bond acceptors (Lipinski definition) is 3. The van der Waals surface area contributed by atoms with Crippen molar-refractivity contribution in [2.24, 2.45) is 78.3 Å². The van der Waals surface area contributed by atoms with Crippen molar-refractivity contribution in [1.82, 2.24) is 0 Å². The summed E-state index contributed by atoms with van der Waals surface area (Å²) in [5.74, 6) is 1.35. The third-order valence-electron chi connectivity index (χ3n) is 14.4. The van der Waals surface area contributed by atoms with Gasteiger partial charge in [0, 0.05) is 5.41 Å². The Balaban J connectivity index is 1.48. The van der Waals surface area contributed by atoms with E-state index in [0.29, 0.717) is 23.7 Å². The maximum absolute atomic E-state index is 13.1. The largest absolute Gasteiger partial charge is 0.481 e. The molecule has 44 heavy (non-hydrogen) atoms. The van der Waals surface area contributed by atoms with Gasteiger partial charge in [-0.15, -0.1) is 5.10 Å². The van der Waals surface area contributed by atoms with Crippen molar-refractivity contribution >= 4 is 23.7 Å². The predicted molar refractivity (Wildman–Crippen MR) is 180 cm³/mol. The van der Waals surface area contributed by atoms with Crippen molar-refractivity contribution in [3.63, 3.8) is 0 Å². The summed E-state index contributed by atoms with van der Waals surface area (Å²) in [6.07, 6.45) is 12.6. The Bertz CT molecular complexity index is 1450. The van der Waals surface area contributed by atoms with E-state index in [1.807, 2.05) is 0 Å². The van der Waals surface area contributed by atoms with Gasteiger partial charge in [-0.25, -0.2) is 0 Å². The average molecular weight is 599 g/mol. The number of benzene rings is 1. The first-order valence-electron chi connectivity index (χ1n) is 17.0. The van der Waals surface area contributed by atoms with Crippen LogP contribution in [-0.2, 0) is 4.79 Å². The minimum atomic E-state index is -0.614. The van der Waals surface area contributed by atoms with Crippen LogP contribution in [0.1, 0.15) is 105 Å². The number of hydrogen-bond donors (Lipinski definition) is 3. The Kier molecular flexibility index (Phi) is 7.29. The van der Waals surface area contributed by atoms with E-state index in [1.165, 1.54) is 11.1 Å². The standard InChI is InChI=1S/C38H54N4O2/c1-23-15-18-38(32(43)44)20-19-36(6)27(30(38)24(23)2)13-14-29-35(5)22-26(21-25-11-9-8-10-12-25)31(41-42-33(39)40)34(3,4)28(35)16-17-37(29,36)7/h8-13,21,23-24,28-30H,14-20,22H2,1-7H3,(H,43,44)(H4,39,40,42)/b26-21+,41-31+/t23-,24+,28+,29-,30+,35+,36-,37-,38+/m1/s1. The lowest BCUT2D eigenvalue weighted by Gasteiger charge is -2.71. The van der Waals surface area contributed by atoms with E-state index in [0.717, 1.165) is 62.6 Å². The van der Waals surface area contributed by atoms with Crippen LogP contribution in [0.2, 0.25) is 0 Å². The van der Waals surface area contributed by atoms with Gasteiger partial charge in [-0.3, -0.25) is 4.79 Å². The van der Waals surface area contributed by atoms with Gasteiger partial charge in [0.25, 0.3) is 0 Å². The van der Waals surface area contributed by atoms with Crippen molar-refractivity contribution < 1.29 is 9.90 Å². The lowest BCUT2D eigenvalue weighted by molar-refractivity contribution is -0.179. The molecule has 5 aliphatic rings. The van der Waals surface area contributed by atoms with Crippen LogP contribution in [0.4, 0.5) is 0 Å². The van der Waals surface area contributed by atoms with Crippen LogP contribution in [0.25, 0.3) is 6.08 Å². The molecule has 9 atom stereocenters. The Morgan fingerprint density at radius 3 is 2.32 bits per heavy atom. The summed E-state index contributed by atoms with van der Waals surface area (Å²) in [7, 11) is 0.